The van der Waals surface area contributed by atoms with Crippen LogP contribution in [0.2, 0.25) is 0 Å². The lowest BCUT2D eigenvalue weighted by Crippen LogP contribution is -2.35. The number of rotatable bonds is 7. The van der Waals surface area contributed by atoms with Crippen molar-refractivity contribution in [1.29, 1.82) is 0 Å². The van der Waals surface area contributed by atoms with Crippen molar-refractivity contribution in [3.05, 3.63) is 92.4 Å². The Labute approximate surface area is 196 Å². The molecule has 0 saturated heterocycles. The number of para-hydroxylation sites is 1. The Hall–Kier alpha value is -3.16. The van der Waals surface area contributed by atoms with E-state index in [-0.39, 0.29) is 5.56 Å². The molecule has 0 aliphatic heterocycles. The third-order valence-electron chi connectivity index (χ3n) is 5.16. The third-order valence-corrected chi connectivity index (χ3v) is 6.38. The first kappa shape index (κ1) is 22.0. The number of nitrogens with zero attached hydrogens (tertiary/aromatic N) is 1. The Bertz CT molecular complexity index is 1260. The number of nitrogens with one attached hydrogen (secondary N) is 2. The molecule has 0 fully saturated rings. The van der Waals surface area contributed by atoms with Gasteiger partial charge in [-0.15, -0.1) is 11.3 Å². The Morgan fingerprint density at radius 1 is 1.12 bits per heavy atom. The van der Waals surface area contributed by atoms with Crippen LogP contribution in [0.15, 0.2) is 70.8 Å². The number of hydrogen-bond acceptors (Lipinski definition) is 4. The van der Waals surface area contributed by atoms with Gasteiger partial charge in [0.2, 0.25) is 0 Å². The first-order chi connectivity index (χ1) is 15.5. The molecule has 2 aromatic carbocycles. The molecule has 2 aromatic heterocycles. The van der Waals surface area contributed by atoms with E-state index in [0.717, 1.165) is 27.9 Å². The van der Waals surface area contributed by atoms with Gasteiger partial charge in [-0.05, 0) is 78.8 Å². The summed E-state index contributed by atoms with van der Waals surface area (Å²) in [5.41, 5.74) is 3.38. The molecule has 0 amide bonds. The van der Waals surface area contributed by atoms with Crippen LogP contribution < -0.4 is 15.6 Å². The molecule has 0 radical (unpaired) electrons. The monoisotopic (exact) mass is 463 g/mol. The maximum atomic E-state index is 12.8. The largest absolute Gasteiger partial charge is 0.494 e. The molecule has 0 aliphatic carbocycles. The van der Waals surface area contributed by atoms with Gasteiger partial charge in [0.15, 0.2) is 5.11 Å². The molecule has 0 unspecified atom stereocenters. The van der Waals surface area contributed by atoms with Gasteiger partial charge < -0.3 is 19.9 Å². The number of aromatic nitrogens is 1. The quantitative estimate of drug-likeness (QED) is 0.345. The van der Waals surface area contributed by atoms with Gasteiger partial charge in [-0.25, -0.2) is 0 Å². The number of aryl methyl sites for hydroxylation is 1. The molecular weight excluding hydrogens is 438 g/mol. The lowest BCUT2D eigenvalue weighted by Gasteiger charge is -2.25. The van der Waals surface area contributed by atoms with Crippen molar-refractivity contribution < 1.29 is 4.74 Å². The summed E-state index contributed by atoms with van der Waals surface area (Å²) in [6.45, 7) is 5.60. The summed E-state index contributed by atoms with van der Waals surface area (Å²) >= 11 is 7.42. The van der Waals surface area contributed by atoms with E-state index in [1.807, 2.05) is 78.7 Å². The van der Waals surface area contributed by atoms with Gasteiger partial charge >= 0.3 is 0 Å². The number of thiophene rings is 1. The first-order valence-electron chi connectivity index (χ1n) is 10.5. The highest BCUT2D eigenvalue weighted by Gasteiger charge is 2.15. The summed E-state index contributed by atoms with van der Waals surface area (Å²) in [5.74, 6) is 0.817. The molecule has 4 aromatic rings. The Kier molecular flexibility index (Phi) is 6.87. The van der Waals surface area contributed by atoms with Gasteiger partial charge in [0.25, 0.3) is 5.56 Å². The molecule has 164 valence electrons. The van der Waals surface area contributed by atoms with E-state index in [1.165, 1.54) is 4.88 Å². The van der Waals surface area contributed by atoms with Crippen molar-refractivity contribution in [3.8, 4) is 5.75 Å². The number of fused-ring (bicyclic) bond motifs is 1. The van der Waals surface area contributed by atoms with Crippen LogP contribution in [0.3, 0.4) is 0 Å². The van der Waals surface area contributed by atoms with Crippen molar-refractivity contribution in [2.24, 2.45) is 0 Å². The van der Waals surface area contributed by atoms with Crippen molar-refractivity contribution in [3.63, 3.8) is 0 Å². The predicted molar refractivity (Wildman–Crippen MR) is 137 cm³/mol. The average molecular weight is 464 g/mol. The summed E-state index contributed by atoms with van der Waals surface area (Å²) < 4.78 is 5.51. The highest BCUT2D eigenvalue weighted by molar-refractivity contribution is 7.80. The highest BCUT2D eigenvalue weighted by atomic mass is 32.1. The van der Waals surface area contributed by atoms with Crippen molar-refractivity contribution in [2.45, 2.75) is 26.9 Å². The lowest BCUT2D eigenvalue weighted by molar-refractivity contribution is 0.340. The highest BCUT2D eigenvalue weighted by Crippen LogP contribution is 2.20. The zero-order valence-corrected chi connectivity index (χ0v) is 19.7. The molecule has 7 heteroatoms. The minimum absolute atomic E-state index is 0.0909. The van der Waals surface area contributed by atoms with Gasteiger partial charge in [-0.3, -0.25) is 4.79 Å². The molecule has 0 bridgehead atoms. The van der Waals surface area contributed by atoms with E-state index in [0.29, 0.717) is 30.4 Å². The minimum atomic E-state index is -0.0909. The molecule has 0 saturated carbocycles. The summed E-state index contributed by atoms with van der Waals surface area (Å²) in [4.78, 5) is 19.1. The molecule has 0 aliphatic rings. The number of benzene rings is 2. The predicted octanol–water partition coefficient (Wildman–Crippen LogP) is 5.70. The summed E-state index contributed by atoms with van der Waals surface area (Å²) in [7, 11) is 0. The van der Waals surface area contributed by atoms with Crippen molar-refractivity contribution in [1.82, 2.24) is 9.88 Å². The van der Waals surface area contributed by atoms with Crippen LogP contribution in [-0.2, 0) is 13.1 Å². The Morgan fingerprint density at radius 2 is 1.94 bits per heavy atom. The second-order valence-electron chi connectivity index (χ2n) is 7.49. The Balaban J connectivity index is 1.59. The van der Waals surface area contributed by atoms with Gasteiger partial charge in [0, 0.05) is 16.1 Å². The zero-order chi connectivity index (χ0) is 22.5. The van der Waals surface area contributed by atoms with E-state index in [4.69, 9.17) is 17.0 Å². The molecule has 2 heterocycles. The van der Waals surface area contributed by atoms with Crippen LogP contribution in [-0.4, -0.2) is 21.6 Å². The summed E-state index contributed by atoms with van der Waals surface area (Å²) in [6, 6.07) is 19.8. The SMILES string of the molecule is CCOc1ccc(NC(=S)N(Cc2cccs2)Cc2cc3cccc(C)c3[nH]c2=O)cc1. The number of thiocarbonyl (C=S) groups is 1. The number of aromatic amines is 1. The molecule has 32 heavy (non-hydrogen) atoms. The van der Waals surface area contributed by atoms with E-state index in [2.05, 4.69) is 16.4 Å². The van der Waals surface area contributed by atoms with Crippen LogP contribution in [0, 0.1) is 6.92 Å². The smallest absolute Gasteiger partial charge is 0.253 e. The maximum Gasteiger partial charge on any atom is 0.253 e. The fourth-order valence-electron chi connectivity index (χ4n) is 3.55. The van der Waals surface area contributed by atoms with Gasteiger partial charge in [0.05, 0.1) is 25.2 Å². The molecule has 5 nitrogen and oxygen atoms in total. The van der Waals surface area contributed by atoms with Crippen LogP contribution in [0.25, 0.3) is 10.9 Å². The topological polar surface area (TPSA) is 57.4 Å². The second kappa shape index (κ2) is 9.97. The fraction of sp³-hybridized carbons (Fsp3) is 0.200. The first-order valence-corrected chi connectivity index (χ1v) is 11.7. The van der Waals surface area contributed by atoms with Crippen LogP contribution in [0.1, 0.15) is 22.9 Å². The lowest BCUT2D eigenvalue weighted by atomic mass is 10.1. The number of hydrogen-bond donors (Lipinski definition) is 2. The van der Waals surface area contributed by atoms with E-state index in [9.17, 15) is 4.79 Å². The third kappa shape index (κ3) is 5.18. The minimum Gasteiger partial charge on any atom is -0.494 e. The van der Waals surface area contributed by atoms with Crippen molar-refractivity contribution >= 4 is 45.3 Å². The van der Waals surface area contributed by atoms with Gasteiger partial charge in [-0.2, -0.15) is 0 Å². The normalized spacial score (nSPS) is 10.8. The van der Waals surface area contributed by atoms with Gasteiger partial charge in [-0.1, -0.05) is 24.3 Å². The van der Waals surface area contributed by atoms with Crippen LogP contribution in [0.5, 0.6) is 5.75 Å². The molecule has 4 rings (SSSR count). The zero-order valence-electron chi connectivity index (χ0n) is 18.1. The number of H-pyrrole nitrogens is 1. The van der Waals surface area contributed by atoms with Crippen LogP contribution >= 0.6 is 23.6 Å². The molecule has 2 N–H and O–H groups in total. The average Bonchev–Trinajstić information content (AvgIpc) is 3.29. The number of pyridine rings is 1. The Morgan fingerprint density at radius 3 is 2.66 bits per heavy atom. The van der Waals surface area contributed by atoms with E-state index < -0.39 is 0 Å². The fourth-order valence-corrected chi connectivity index (χ4v) is 4.51. The summed E-state index contributed by atoms with van der Waals surface area (Å²) in [5, 5.41) is 6.92. The summed E-state index contributed by atoms with van der Waals surface area (Å²) in [6.07, 6.45) is 0. The van der Waals surface area contributed by atoms with Crippen molar-refractivity contribution in [2.75, 3.05) is 11.9 Å². The standard InChI is InChI=1S/C25H25N3O2S2/c1-3-30-21-11-9-20(10-12-21)26-25(31)28(16-22-8-5-13-32-22)15-19-14-18-7-4-6-17(2)23(18)27-24(19)29/h4-14H,3,15-16H2,1-2H3,(H,26,31)(H,27,29). The van der Waals surface area contributed by atoms with E-state index >= 15 is 0 Å². The van der Waals surface area contributed by atoms with Gasteiger partial charge in [0.1, 0.15) is 5.75 Å². The van der Waals surface area contributed by atoms with Crippen LogP contribution in [0.4, 0.5) is 5.69 Å². The molecule has 0 atom stereocenters. The second-order valence-corrected chi connectivity index (χ2v) is 8.90. The van der Waals surface area contributed by atoms with E-state index in [1.54, 1.807) is 11.3 Å². The number of ether oxygens (including phenoxy) is 1. The number of anilines is 1. The maximum absolute atomic E-state index is 12.8. The molecule has 0 spiro atoms. The molecular formula is C25H25N3O2S2.